The van der Waals surface area contributed by atoms with Gasteiger partial charge in [0.1, 0.15) is 17.4 Å². The third-order valence-electron chi connectivity index (χ3n) is 2.47. The molecule has 0 spiro atoms. The number of benzene rings is 1. The molecule has 0 aliphatic heterocycles. The molecular formula is C11H9BF3KO3. The van der Waals surface area contributed by atoms with Gasteiger partial charge in [0.15, 0.2) is 0 Å². The Morgan fingerprint density at radius 3 is 2.63 bits per heavy atom. The van der Waals surface area contributed by atoms with E-state index in [2.05, 4.69) is 0 Å². The summed E-state index contributed by atoms with van der Waals surface area (Å²) in [6, 6.07) is 3.04. The van der Waals surface area contributed by atoms with Crippen LogP contribution in [0.1, 0.15) is 17.3 Å². The zero-order chi connectivity index (χ0) is 13.3. The SMILES string of the molecule is CCOC(=O)c1coc2cc([B-](F)(F)F)ccc12.[K+]. The van der Waals surface area contributed by atoms with Gasteiger partial charge in [-0.25, -0.2) is 4.79 Å². The summed E-state index contributed by atoms with van der Waals surface area (Å²) in [7, 11) is 0. The van der Waals surface area contributed by atoms with Crippen molar-refractivity contribution < 1.29 is 78.3 Å². The molecule has 0 amide bonds. The maximum absolute atomic E-state index is 12.5. The first kappa shape index (κ1) is 16.8. The number of esters is 1. The van der Waals surface area contributed by atoms with Crippen molar-refractivity contribution >= 4 is 29.4 Å². The standard InChI is InChI=1S/C11H9BF3O3.K/c1-2-17-11(16)9-6-18-10-5-7(12(13,14)15)3-4-8(9)10;/h3-6H,2H2,1H3;/q-1;+1. The Hall–Kier alpha value is -0.279. The van der Waals surface area contributed by atoms with Gasteiger partial charge in [0.05, 0.1) is 6.61 Å². The van der Waals surface area contributed by atoms with Crippen LogP contribution < -0.4 is 56.8 Å². The third-order valence-corrected chi connectivity index (χ3v) is 2.47. The normalized spacial score (nSPS) is 11.2. The first-order chi connectivity index (χ1) is 8.43. The second-order valence-electron chi connectivity index (χ2n) is 3.70. The molecule has 0 N–H and O–H groups in total. The molecule has 2 rings (SSSR count). The van der Waals surface area contributed by atoms with Crippen molar-refractivity contribution in [1.82, 2.24) is 0 Å². The van der Waals surface area contributed by atoms with Gasteiger partial charge in [-0.05, 0) is 13.0 Å². The molecule has 19 heavy (non-hydrogen) atoms. The Balaban J connectivity index is 0.00000180. The predicted molar refractivity (Wildman–Crippen MR) is 60.9 cm³/mol. The zero-order valence-electron chi connectivity index (χ0n) is 10.5. The van der Waals surface area contributed by atoms with Crippen LogP contribution in [0.5, 0.6) is 0 Å². The molecule has 3 nitrogen and oxygen atoms in total. The molecule has 0 aliphatic rings. The Bertz CT molecular complexity index is 594. The van der Waals surface area contributed by atoms with Crippen molar-refractivity contribution in [2.45, 2.75) is 6.92 Å². The van der Waals surface area contributed by atoms with Crippen molar-refractivity contribution in [3.63, 3.8) is 0 Å². The summed E-state index contributed by atoms with van der Waals surface area (Å²) in [6.07, 6.45) is 1.11. The van der Waals surface area contributed by atoms with E-state index in [1.807, 2.05) is 0 Å². The van der Waals surface area contributed by atoms with Crippen LogP contribution in [0.15, 0.2) is 28.9 Å². The van der Waals surface area contributed by atoms with Gasteiger partial charge in [-0.3, -0.25) is 0 Å². The van der Waals surface area contributed by atoms with Gasteiger partial charge >= 0.3 is 64.3 Å². The van der Waals surface area contributed by atoms with Crippen LogP contribution in [0.2, 0.25) is 0 Å². The number of hydrogen-bond acceptors (Lipinski definition) is 3. The minimum Gasteiger partial charge on any atom is -0.464 e. The summed E-state index contributed by atoms with van der Waals surface area (Å²) in [4.78, 5) is 11.5. The van der Waals surface area contributed by atoms with Gasteiger partial charge in [0.2, 0.25) is 0 Å². The molecule has 0 unspecified atom stereocenters. The van der Waals surface area contributed by atoms with E-state index in [4.69, 9.17) is 9.15 Å². The van der Waals surface area contributed by atoms with Gasteiger partial charge in [0.25, 0.3) is 0 Å². The summed E-state index contributed by atoms with van der Waals surface area (Å²) in [5, 5.41) is 0.317. The van der Waals surface area contributed by atoms with Crippen LogP contribution >= 0.6 is 0 Å². The molecule has 1 aromatic heterocycles. The summed E-state index contributed by atoms with van der Waals surface area (Å²) in [6.45, 7) is -3.25. The fourth-order valence-electron chi connectivity index (χ4n) is 1.62. The van der Waals surface area contributed by atoms with Crippen molar-refractivity contribution in [1.29, 1.82) is 0 Å². The largest absolute Gasteiger partial charge is 1.00 e. The Morgan fingerprint density at radius 2 is 2.05 bits per heavy atom. The molecular weight excluding hydrogens is 287 g/mol. The van der Waals surface area contributed by atoms with E-state index < -0.39 is 18.4 Å². The summed E-state index contributed by atoms with van der Waals surface area (Å²) >= 11 is 0. The Kier molecular flexibility index (Phi) is 5.69. The first-order valence-electron chi connectivity index (χ1n) is 5.31. The molecule has 0 saturated carbocycles. The van der Waals surface area contributed by atoms with Crippen LogP contribution in [0.3, 0.4) is 0 Å². The first-order valence-corrected chi connectivity index (χ1v) is 5.31. The van der Waals surface area contributed by atoms with Gasteiger partial charge in [-0.2, -0.15) is 0 Å². The minimum absolute atomic E-state index is 0. The number of furan rings is 1. The molecule has 0 saturated heterocycles. The summed E-state index contributed by atoms with van der Waals surface area (Å²) in [5.41, 5.74) is -0.602. The van der Waals surface area contributed by atoms with E-state index in [1.165, 1.54) is 6.07 Å². The predicted octanol–water partition coefficient (Wildman–Crippen LogP) is -0.332. The smallest absolute Gasteiger partial charge is 0.464 e. The molecule has 0 aliphatic carbocycles. The van der Waals surface area contributed by atoms with Crippen LogP contribution in [0, 0.1) is 0 Å². The molecule has 96 valence electrons. The van der Waals surface area contributed by atoms with Crippen molar-refractivity contribution in [2.75, 3.05) is 6.61 Å². The van der Waals surface area contributed by atoms with Gasteiger partial charge in [-0.15, -0.1) is 5.46 Å². The quantitative estimate of drug-likeness (QED) is 0.575. The third kappa shape index (κ3) is 3.63. The van der Waals surface area contributed by atoms with Crippen LogP contribution in [-0.4, -0.2) is 19.6 Å². The number of hydrogen-bond donors (Lipinski definition) is 0. The van der Waals surface area contributed by atoms with Gasteiger partial charge < -0.3 is 22.1 Å². The monoisotopic (exact) mass is 296 g/mol. The molecule has 1 aromatic carbocycles. The second kappa shape index (κ2) is 6.45. The number of fused-ring (bicyclic) bond motifs is 1. The molecule has 0 radical (unpaired) electrons. The van der Waals surface area contributed by atoms with Crippen LogP contribution in [0.4, 0.5) is 12.9 Å². The second-order valence-corrected chi connectivity index (χ2v) is 3.70. The van der Waals surface area contributed by atoms with Crippen molar-refractivity contribution in [2.24, 2.45) is 0 Å². The van der Waals surface area contributed by atoms with E-state index in [-0.39, 0.29) is 69.1 Å². The Labute approximate surface area is 150 Å². The summed E-state index contributed by atoms with van der Waals surface area (Å²) in [5.74, 6) is -0.610. The van der Waals surface area contributed by atoms with E-state index >= 15 is 0 Å². The maximum Gasteiger partial charge on any atom is 1.00 e. The molecule has 0 fully saturated rings. The zero-order valence-corrected chi connectivity index (χ0v) is 13.6. The van der Waals surface area contributed by atoms with Crippen LogP contribution in [0.25, 0.3) is 11.0 Å². The molecule has 0 bridgehead atoms. The molecule has 0 atom stereocenters. The number of rotatable bonds is 3. The number of ether oxygens (including phenoxy) is 1. The molecule has 1 heterocycles. The average Bonchev–Trinajstić information content (AvgIpc) is 2.70. The van der Waals surface area contributed by atoms with Gasteiger partial charge in [-0.1, -0.05) is 12.1 Å². The van der Waals surface area contributed by atoms with Gasteiger partial charge in [0, 0.05) is 5.39 Å². The van der Waals surface area contributed by atoms with Crippen molar-refractivity contribution in [3.8, 4) is 0 Å². The van der Waals surface area contributed by atoms with Crippen LogP contribution in [-0.2, 0) is 4.74 Å². The average molecular weight is 296 g/mol. The molecule has 8 heteroatoms. The minimum atomic E-state index is -5.08. The Morgan fingerprint density at radius 1 is 1.37 bits per heavy atom. The number of carbonyl (C=O) groups is 1. The molecule has 2 aromatic rings. The van der Waals surface area contributed by atoms with Crippen molar-refractivity contribution in [3.05, 3.63) is 30.0 Å². The fraction of sp³-hybridized carbons (Fsp3) is 0.182. The number of carbonyl (C=O) groups excluding carboxylic acids is 1. The van der Waals surface area contributed by atoms with E-state index in [0.29, 0.717) is 5.39 Å². The fourth-order valence-corrected chi connectivity index (χ4v) is 1.62. The van der Waals surface area contributed by atoms with E-state index in [0.717, 1.165) is 18.4 Å². The topological polar surface area (TPSA) is 39.4 Å². The number of halogens is 3. The van der Waals surface area contributed by atoms with E-state index in [9.17, 15) is 17.7 Å². The maximum atomic E-state index is 12.5. The summed E-state index contributed by atoms with van der Waals surface area (Å²) < 4.78 is 47.3. The van der Waals surface area contributed by atoms with E-state index in [1.54, 1.807) is 6.92 Å².